The molecule has 1 aliphatic heterocycles. The zero-order chi connectivity index (χ0) is 10.8. The van der Waals surface area contributed by atoms with Crippen molar-refractivity contribution in [1.82, 2.24) is 4.90 Å². The van der Waals surface area contributed by atoms with E-state index >= 15 is 0 Å². The summed E-state index contributed by atoms with van der Waals surface area (Å²) in [6, 6.07) is 1.95. The Morgan fingerprint density at radius 1 is 1.13 bits per heavy atom. The van der Waals surface area contributed by atoms with Gasteiger partial charge in [0.25, 0.3) is 0 Å². The normalized spacial score (nSPS) is 36.6. The first-order chi connectivity index (χ1) is 7.29. The quantitative estimate of drug-likeness (QED) is 0.578. The Bertz CT molecular complexity index is 198. The molecule has 1 heterocycles. The molecule has 2 fully saturated rings. The summed E-state index contributed by atoms with van der Waals surface area (Å²) in [5, 5.41) is 0. The summed E-state index contributed by atoms with van der Waals surface area (Å²) >= 11 is 0. The van der Waals surface area contributed by atoms with Crippen LogP contribution in [0.4, 0.5) is 0 Å². The van der Waals surface area contributed by atoms with Crippen LogP contribution < -0.4 is 0 Å². The highest BCUT2D eigenvalue weighted by Gasteiger charge is 2.55. The van der Waals surface area contributed by atoms with Crippen LogP contribution in [0, 0.1) is 11.8 Å². The highest BCUT2D eigenvalue weighted by Crippen LogP contribution is 2.49. The lowest BCUT2D eigenvalue weighted by atomic mass is 9.91. The summed E-state index contributed by atoms with van der Waals surface area (Å²) in [4.78, 5) is 2.66. The molecule has 1 aliphatic carbocycles. The summed E-state index contributed by atoms with van der Waals surface area (Å²) in [5.41, 5.74) is 0. The second kappa shape index (κ2) is 4.86. The maximum absolute atomic E-state index is 2.66. The van der Waals surface area contributed by atoms with E-state index in [-0.39, 0.29) is 0 Å². The van der Waals surface area contributed by atoms with Gasteiger partial charge in [0.2, 0.25) is 0 Å². The molecular weight excluding hydrogens is 182 g/mol. The average molecular weight is 209 g/mol. The van der Waals surface area contributed by atoms with Crippen LogP contribution in [0.2, 0.25) is 0 Å². The van der Waals surface area contributed by atoms with E-state index in [4.69, 9.17) is 0 Å². The number of likely N-dealkylation sites (N-methyl/N-ethyl adjacent to an activating group) is 1. The summed E-state index contributed by atoms with van der Waals surface area (Å²) in [5.74, 6) is 2.09. The molecule has 0 spiro atoms. The highest BCUT2D eigenvalue weighted by atomic mass is 15.3. The van der Waals surface area contributed by atoms with Gasteiger partial charge in [-0.05, 0) is 44.6 Å². The lowest BCUT2D eigenvalue weighted by Crippen LogP contribution is -2.13. The van der Waals surface area contributed by atoms with Crippen molar-refractivity contribution in [3.63, 3.8) is 0 Å². The first kappa shape index (κ1) is 11.4. The number of hydrogen-bond donors (Lipinski definition) is 0. The van der Waals surface area contributed by atoms with Crippen molar-refractivity contribution in [1.29, 1.82) is 0 Å². The predicted octanol–water partition coefficient (Wildman–Crippen LogP) is 3.69. The van der Waals surface area contributed by atoms with E-state index in [1.165, 1.54) is 44.9 Å². The van der Waals surface area contributed by atoms with E-state index in [2.05, 4.69) is 25.8 Å². The molecule has 2 rings (SSSR count). The molecule has 0 aromatic heterocycles. The third-order valence-corrected chi connectivity index (χ3v) is 4.38. The lowest BCUT2D eigenvalue weighted by molar-refractivity contribution is 0.378. The van der Waals surface area contributed by atoms with Crippen molar-refractivity contribution in [2.24, 2.45) is 11.8 Å². The van der Waals surface area contributed by atoms with Gasteiger partial charge in [-0.3, -0.25) is 4.90 Å². The SMILES string of the molecule is CCCCC(CCC)C1C(C2CC2)N1C. The van der Waals surface area contributed by atoms with Gasteiger partial charge >= 0.3 is 0 Å². The van der Waals surface area contributed by atoms with Crippen LogP contribution in [0.15, 0.2) is 0 Å². The third-order valence-electron chi connectivity index (χ3n) is 4.38. The number of hydrogen-bond acceptors (Lipinski definition) is 1. The summed E-state index contributed by atoms with van der Waals surface area (Å²) < 4.78 is 0. The predicted molar refractivity (Wildman–Crippen MR) is 66.0 cm³/mol. The minimum Gasteiger partial charge on any atom is -0.297 e. The molecule has 0 radical (unpaired) electrons. The molecule has 88 valence electrons. The summed E-state index contributed by atoms with van der Waals surface area (Å²) in [6.07, 6.45) is 10.1. The minimum atomic E-state index is 0.962. The Morgan fingerprint density at radius 2 is 1.87 bits per heavy atom. The maximum atomic E-state index is 2.66. The standard InChI is InChI=1S/C14H27N/c1-4-6-8-11(7-5-2)13-14(15(13)3)12-9-10-12/h11-14H,4-10H2,1-3H3. The van der Waals surface area contributed by atoms with Gasteiger partial charge in [0.15, 0.2) is 0 Å². The van der Waals surface area contributed by atoms with Crippen molar-refractivity contribution in [3.05, 3.63) is 0 Å². The van der Waals surface area contributed by atoms with Crippen molar-refractivity contribution in [2.45, 2.75) is 70.9 Å². The fourth-order valence-corrected chi connectivity index (χ4v) is 3.37. The van der Waals surface area contributed by atoms with E-state index in [9.17, 15) is 0 Å². The number of unbranched alkanes of at least 4 members (excludes halogenated alkanes) is 1. The van der Waals surface area contributed by atoms with E-state index in [1.54, 1.807) is 0 Å². The first-order valence-electron chi connectivity index (χ1n) is 7.01. The molecule has 2 aliphatic rings. The van der Waals surface area contributed by atoms with Crippen molar-refractivity contribution >= 4 is 0 Å². The topological polar surface area (TPSA) is 3.01 Å². The zero-order valence-electron chi connectivity index (χ0n) is 10.7. The summed E-state index contributed by atoms with van der Waals surface area (Å²) in [6.45, 7) is 4.66. The molecular formula is C14H27N. The van der Waals surface area contributed by atoms with E-state index in [0.717, 1.165) is 23.9 Å². The van der Waals surface area contributed by atoms with Gasteiger partial charge in [-0.2, -0.15) is 0 Å². The molecule has 1 heteroatoms. The molecule has 0 aromatic rings. The highest BCUT2D eigenvalue weighted by molar-refractivity contribution is 5.10. The maximum Gasteiger partial charge on any atom is 0.0283 e. The molecule has 1 saturated carbocycles. The van der Waals surface area contributed by atoms with Gasteiger partial charge in [0.05, 0.1) is 0 Å². The molecule has 1 nitrogen and oxygen atoms in total. The van der Waals surface area contributed by atoms with E-state index < -0.39 is 0 Å². The average Bonchev–Trinajstić information content (AvgIpc) is 3.08. The summed E-state index contributed by atoms with van der Waals surface area (Å²) in [7, 11) is 2.35. The largest absolute Gasteiger partial charge is 0.297 e. The fraction of sp³-hybridized carbons (Fsp3) is 1.00. The van der Waals surface area contributed by atoms with Crippen LogP contribution >= 0.6 is 0 Å². The van der Waals surface area contributed by atoms with Gasteiger partial charge in [-0.25, -0.2) is 0 Å². The molecule has 1 saturated heterocycles. The minimum absolute atomic E-state index is 0.962. The van der Waals surface area contributed by atoms with Crippen LogP contribution in [-0.4, -0.2) is 24.0 Å². The number of rotatable bonds is 7. The second-order valence-electron chi connectivity index (χ2n) is 5.68. The van der Waals surface area contributed by atoms with Crippen LogP contribution in [0.25, 0.3) is 0 Å². The van der Waals surface area contributed by atoms with Crippen molar-refractivity contribution in [2.75, 3.05) is 7.05 Å². The van der Waals surface area contributed by atoms with Crippen LogP contribution in [0.3, 0.4) is 0 Å². The Kier molecular flexibility index (Phi) is 3.71. The Labute approximate surface area is 95.2 Å². The van der Waals surface area contributed by atoms with Crippen molar-refractivity contribution in [3.8, 4) is 0 Å². The molecule has 15 heavy (non-hydrogen) atoms. The van der Waals surface area contributed by atoms with Gasteiger partial charge < -0.3 is 0 Å². The van der Waals surface area contributed by atoms with E-state index in [1.807, 2.05) is 0 Å². The van der Waals surface area contributed by atoms with Gasteiger partial charge in [0, 0.05) is 12.1 Å². The second-order valence-corrected chi connectivity index (χ2v) is 5.68. The molecule has 0 aromatic carbocycles. The smallest absolute Gasteiger partial charge is 0.0283 e. The molecule has 0 amide bonds. The van der Waals surface area contributed by atoms with E-state index in [0.29, 0.717) is 0 Å². The van der Waals surface area contributed by atoms with Gasteiger partial charge in [-0.15, -0.1) is 0 Å². The third kappa shape index (κ3) is 2.55. The van der Waals surface area contributed by atoms with Crippen molar-refractivity contribution < 1.29 is 0 Å². The van der Waals surface area contributed by atoms with Crippen LogP contribution in [-0.2, 0) is 0 Å². The lowest BCUT2D eigenvalue weighted by Gasteiger charge is -2.15. The Hall–Kier alpha value is -0.0400. The molecule has 0 bridgehead atoms. The number of nitrogens with zero attached hydrogens (tertiary/aromatic N) is 1. The molecule has 0 N–H and O–H groups in total. The van der Waals surface area contributed by atoms with Gasteiger partial charge in [-0.1, -0.05) is 33.1 Å². The Morgan fingerprint density at radius 3 is 2.40 bits per heavy atom. The van der Waals surface area contributed by atoms with Crippen LogP contribution in [0.1, 0.15) is 58.8 Å². The first-order valence-corrected chi connectivity index (χ1v) is 7.01. The van der Waals surface area contributed by atoms with Gasteiger partial charge in [0.1, 0.15) is 0 Å². The zero-order valence-corrected chi connectivity index (χ0v) is 10.7. The molecule has 4 atom stereocenters. The monoisotopic (exact) mass is 209 g/mol. The fourth-order valence-electron chi connectivity index (χ4n) is 3.37. The Balaban J connectivity index is 1.81. The van der Waals surface area contributed by atoms with Crippen LogP contribution in [0.5, 0.6) is 0 Å². The molecule has 4 unspecified atom stereocenters.